The summed E-state index contributed by atoms with van der Waals surface area (Å²) in [4.78, 5) is 25.3. The minimum Gasteiger partial charge on any atom is -0.478 e. The zero-order valence-corrected chi connectivity index (χ0v) is 14.3. The quantitative estimate of drug-likeness (QED) is 0.672. The SMILES string of the molecule is COCCCN(CCOC)C(=O)c1cc(Br)cc(C(=O)O)c1. The van der Waals surface area contributed by atoms with Crippen LogP contribution >= 0.6 is 15.9 Å². The molecule has 122 valence electrons. The third kappa shape index (κ3) is 5.75. The van der Waals surface area contributed by atoms with Crippen molar-refractivity contribution in [3.05, 3.63) is 33.8 Å². The Morgan fingerprint density at radius 1 is 1.09 bits per heavy atom. The van der Waals surface area contributed by atoms with Crippen LogP contribution in [0.5, 0.6) is 0 Å². The van der Waals surface area contributed by atoms with Gasteiger partial charge in [-0.2, -0.15) is 0 Å². The van der Waals surface area contributed by atoms with Crippen LogP contribution in [0.2, 0.25) is 0 Å². The molecule has 22 heavy (non-hydrogen) atoms. The molecule has 0 aliphatic carbocycles. The Labute approximate surface area is 138 Å². The second-order valence-electron chi connectivity index (χ2n) is 4.67. The predicted octanol–water partition coefficient (Wildman–Crippen LogP) is 2.27. The predicted molar refractivity (Wildman–Crippen MR) is 85.4 cm³/mol. The standard InChI is InChI=1S/C15H20BrNO5/c1-21-6-3-4-17(5-7-22-2)14(18)11-8-12(15(19)20)10-13(16)9-11/h8-10H,3-7H2,1-2H3,(H,19,20). The van der Waals surface area contributed by atoms with Gasteiger partial charge in [0.25, 0.3) is 5.91 Å². The summed E-state index contributed by atoms with van der Waals surface area (Å²) in [6.07, 6.45) is 0.700. The third-order valence-electron chi connectivity index (χ3n) is 3.02. The fourth-order valence-electron chi connectivity index (χ4n) is 1.94. The number of carboxylic acids is 1. The van der Waals surface area contributed by atoms with Crippen LogP contribution in [-0.4, -0.2) is 62.4 Å². The van der Waals surface area contributed by atoms with Gasteiger partial charge in [0, 0.05) is 44.0 Å². The molecule has 0 saturated carbocycles. The number of hydrogen-bond donors (Lipinski definition) is 1. The summed E-state index contributed by atoms with van der Waals surface area (Å²) in [5.74, 6) is -1.30. The Morgan fingerprint density at radius 3 is 2.32 bits per heavy atom. The number of aromatic carboxylic acids is 1. The Balaban J connectivity index is 2.93. The van der Waals surface area contributed by atoms with Crippen molar-refractivity contribution in [3.63, 3.8) is 0 Å². The maximum Gasteiger partial charge on any atom is 0.335 e. The molecule has 0 bridgehead atoms. The fourth-order valence-corrected chi connectivity index (χ4v) is 2.43. The number of methoxy groups -OCH3 is 2. The van der Waals surface area contributed by atoms with Gasteiger partial charge in [0.15, 0.2) is 0 Å². The first-order chi connectivity index (χ1) is 10.5. The number of hydrogen-bond acceptors (Lipinski definition) is 4. The van der Waals surface area contributed by atoms with E-state index < -0.39 is 5.97 Å². The number of carbonyl (C=O) groups is 2. The maximum absolute atomic E-state index is 12.6. The molecule has 0 spiro atoms. The largest absolute Gasteiger partial charge is 0.478 e. The topological polar surface area (TPSA) is 76.1 Å². The van der Waals surface area contributed by atoms with Crippen LogP contribution in [0, 0.1) is 0 Å². The van der Waals surface area contributed by atoms with Crippen LogP contribution in [0.4, 0.5) is 0 Å². The summed E-state index contributed by atoms with van der Waals surface area (Å²) in [6, 6.07) is 4.46. The minimum atomic E-state index is -1.07. The van der Waals surface area contributed by atoms with Crippen molar-refractivity contribution in [2.45, 2.75) is 6.42 Å². The Hall–Kier alpha value is -1.44. The molecular weight excluding hydrogens is 354 g/mol. The van der Waals surface area contributed by atoms with Crippen molar-refractivity contribution in [3.8, 4) is 0 Å². The number of ether oxygens (including phenoxy) is 2. The van der Waals surface area contributed by atoms with Gasteiger partial charge in [0.05, 0.1) is 12.2 Å². The highest BCUT2D eigenvalue weighted by molar-refractivity contribution is 9.10. The van der Waals surface area contributed by atoms with Crippen molar-refractivity contribution in [1.29, 1.82) is 0 Å². The minimum absolute atomic E-state index is 0.0707. The van der Waals surface area contributed by atoms with Gasteiger partial charge in [-0.15, -0.1) is 0 Å². The zero-order valence-electron chi connectivity index (χ0n) is 12.7. The summed E-state index contributed by atoms with van der Waals surface area (Å²) in [7, 11) is 3.17. The highest BCUT2D eigenvalue weighted by atomic mass is 79.9. The number of benzene rings is 1. The van der Waals surface area contributed by atoms with Crippen molar-refractivity contribution in [2.75, 3.05) is 40.5 Å². The van der Waals surface area contributed by atoms with Crippen molar-refractivity contribution >= 4 is 27.8 Å². The first kappa shape index (κ1) is 18.6. The second-order valence-corrected chi connectivity index (χ2v) is 5.58. The lowest BCUT2D eigenvalue weighted by atomic mass is 10.1. The molecule has 0 unspecified atom stereocenters. The number of carbonyl (C=O) groups excluding carboxylic acids is 1. The van der Waals surface area contributed by atoms with E-state index in [-0.39, 0.29) is 11.5 Å². The Bertz CT molecular complexity index is 521. The molecule has 1 aromatic rings. The van der Waals surface area contributed by atoms with E-state index in [1.807, 2.05) is 0 Å². The van der Waals surface area contributed by atoms with E-state index in [0.29, 0.717) is 42.8 Å². The molecule has 1 amide bonds. The van der Waals surface area contributed by atoms with E-state index in [1.54, 1.807) is 25.2 Å². The molecule has 0 aliphatic rings. The summed E-state index contributed by atoms with van der Waals surface area (Å²) >= 11 is 3.24. The molecule has 0 radical (unpaired) electrons. The van der Waals surface area contributed by atoms with Gasteiger partial charge in [0.1, 0.15) is 0 Å². The summed E-state index contributed by atoms with van der Waals surface area (Å²) in [5.41, 5.74) is 0.404. The molecule has 0 heterocycles. The molecule has 0 atom stereocenters. The summed E-state index contributed by atoms with van der Waals surface area (Å²) in [5, 5.41) is 9.09. The van der Waals surface area contributed by atoms with E-state index in [2.05, 4.69) is 15.9 Å². The second kappa shape index (κ2) is 9.55. The Kier molecular flexibility index (Phi) is 8.08. The van der Waals surface area contributed by atoms with Crippen LogP contribution in [0.15, 0.2) is 22.7 Å². The van der Waals surface area contributed by atoms with Gasteiger partial charge in [-0.05, 0) is 24.6 Å². The van der Waals surface area contributed by atoms with Gasteiger partial charge in [0.2, 0.25) is 0 Å². The average Bonchev–Trinajstić information content (AvgIpc) is 2.49. The zero-order chi connectivity index (χ0) is 16.5. The molecule has 6 nitrogen and oxygen atoms in total. The van der Waals surface area contributed by atoms with E-state index in [4.69, 9.17) is 14.6 Å². The molecular formula is C15H20BrNO5. The highest BCUT2D eigenvalue weighted by Crippen LogP contribution is 2.18. The molecule has 0 fully saturated rings. The van der Waals surface area contributed by atoms with E-state index >= 15 is 0 Å². The highest BCUT2D eigenvalue weighted by Gasteiger charge is 2.18. The first-order valence-corrected chi connectivity index (χ1v) is 7.60. The average molecular weight is 374 g/mol. The van der Waals surface area contributed by atoms with Crippen LogP contribution < -0.4 is 0 Å². The van der Waals surface area contributed by atoms with E-state index in [9.17, 15) is 9.59 Å². The molecule has 0 saturated heterocycles. The van der Waals surface area contributed by atoms with Gasteiger partial charge in [-0.25, -0.2) is 4.79 Å². The molecule has 1 aromatic carbocycles. The fraction of sp³-hybridized carbons (Fsp3) is 0.467. The van der Waals surface area contributed by atoms with Crippen LogP contribution in [0.1, 0.15) is 27.1 Å². The number of rotatable bonds is 9. The van der Waals surface area contributed by atoms with Gasteiger partial charge < -0.3 is 19.5 Å². The van der Waals surface area contributed by atoms with E-state index in [1.165, 1.54) is 12.1 Å². The van der Waals surface area contributed by atoms with Crippen LogP contribution in [-0.2, 0) is 9.47 Å². The monoisotopic (exact) mass is 373 g/mol. The van der Waals surface area contributed by atoms with Crippen LogP contribution in [0.25, 0.3) is 0 Å². The third-order valence-corrected chi connectivity index (χ3v) is 3.48. The molecule has 1 N–H and O–H groups in total. The normalized spacial score (nSPS) is 10.5. The lowest BCUT2D eigenvalue weighted by Crippen LogP contribution is -2.35. The molecule has 0 aliphatic heterocycles. The lowest BCUT2D eigenvalue weighted by Gasteiger charge is -2.22. The number of carboxylic acid groups (broad SMARTS) is 1. The Morgan fingerprint density at radius 2 is 1.73 bits per heavy atom. The van der Waals surface area contributed by atoms with Crippen molar-refractivity contribution < 1.29 is 24.2 Å². The first-order valence-electron chi connectivity index (χ1n) is 6.80. The lowest BCUT2D eigenvalue weighted by molar-refractivity contribution is 0.0674. The summed E-state index contributed by atoms with van der Waals surface area (Å²) in [6.45, 7) is 1.92. The summed E-state index contributed by atoms with van der Waals surface area (Å²) < 4.78 is 10.6. The molecule has 7 heteroatoms. The van der Waals surface area contributed by atoms with Crippen LogP contribution in [0.3, 0.4) is 0 Å². The number of halogens is 1. The maximum atomic E-state index is 12.6. The molecule has 1 rings (SSSR count). The van der Waals surface area contributed by atoms with Crippen molar-refractivity contribution in [2.24, 2.45) is 0 Å². The smallest absolute Gasteiger partial charge is 0.335 e. The van der Waals surface area contributed by atoms with E-state index in [0.717, 1.165) is 0 Å². The van der Waals surface area contributed by atoms with Crippen molar-refractivity contribution in [1.82, 2.24) is 4.90 Å². The number of nitrogens with zero attached hydrogens (tertiary/aromatic N) is 1. The molecule has 0 aromatic heterocycles. The number of amides is 1. The van der Waals surface area contributed by atoms with Gasteiger partial charge in [-0.1, -0.05) is 15.9 Å². The van der Waals surface area contributed by atoms with Gasteiger partial charge >= 0.3 is 5.97 Å². The van der Waals surface area contributed by atoms with Gasteiger partial charge in [-0.3, -0.25) is 4.79 Å².